The maximum atomic E-state index is 12.2. The van der Waals surface area contributed by atoms with Crippen molar-refractivity contribution in [2.75, 3.05) is 5.32 Å². The normalized spacial score (nSPS) is 10.3. The van der Waals surface area contributed by atoms with Crippen LogP contribution in [0.3, 0.4) is 0 Å². The number of anilines is 1. The van der Waals surface area contributed by atoms with Gasteiger partial charge in [-0.3, -0.25) is 4.79 Å². The highest BCUT2D eigenvalue weighted by atomic mass is 127. The van der Waals surface area contributed by atoms with E-state index in [2.05, 4.69) is 64.8 Å². The van der Waals surface area contributed by atoms with E-state index in [1.165, 1.54) is 0 Å². The van der Waals surface area contributed by atoms with E-state index in [1.54, 1.807) is 18.3 Å². The first-order valence-corrected chi connectivity index (χ1v) is 8.09. The van der Waals surface area contributed by atoms with Crippen molar-refractivity contribution in [3.05, 3.63) is 53.7 Å². The molecular weight excluding hydrogens is 510 g/mol. The van der Waals surface area contributed by atoms with Gasteiger partial charge >= 0.3 is 0 Å². The third-order valence-electron chi connectivity index (χ3n) is 2.23. The van der Waals surface area contributed by atoms with Gasteiger partial charge in [-0.15, -0.1) is 0 Å². The highest BCUT2D eigenvalue weighted by Gasteiger charge is 2.13. The molecule has 98 valence electrons. The van der Waals surface area contributed by atoms with E-state index in [1.807, 2.05) is 12.1 Å². The van der Waals surface area contributed by atoms with Gasteiger partial charge in [0.25, 0.3) is 5.91 Å². The molecule has 1 N–H and O–H groups in total. The lowest BCUT2D eigenvalue weighted by atomic mass is 10.2. The van der Waals surface area contributed by atoms with Crippen molar-refractivity contribution in [1.82, 2.24) is 4.98 Å². The Morgan fingerprint density at radius 2 is 2.05 bits per heavy atom. The molecule has 3 nitrogen and oxygen atoms in total. The quantitative estimate of drug-likeness (QED) is 0.445. The largest absolute Gasteiger partial charge is 0.319 e. The minimum atomic E-state index is -0.243. The lowest BCUT2D eigenvalue weighted by Crippen LogP contribution is -2.13. The molecular formula is C12H6Br2ClIN2O. The number of carbonyl (C=O) groups excluding carboxylic acids is 1. The van der Waals surface area contributed by atoms with Crippen LogP contribution < -0.4 is 5.32 Å². The fourth-order valence-electron chi connectivity index (χ4n) is 1.37. The van der Waals surface area contributed by atoms with Crippen LogP contribution in [0.25, 0.3) is 0 Å². The molecule has 0 radical (unpaired) electrons. The van der Waals surface area contributed by atoms with Gasteiger partial charge in [-0.2, -0.15) is 0 Å². The summed E-state index contributed by atoms with van der Waals surface area (Å²) in [5, 5.41) is 2.99. The minimum Gasteiger partial charge on any atom is -0.319 e. The molecule has 0 saturated heterocycles. The average Bonchev–Trinajstić information content (AvgIpc) is 2.36. The first kappa shape index (κ1) is 15.2. The highest BCUT2D eigenvalue weighted by molar-refractivity contribution is 14.1. The molecule has 0 unspecified atom stereocenters. The van der Waals surface area contributed by atoms with Crippen LogP contribution >= 0.6 is 66.1 Å². The molecule has 0 atom stereocenters. The van der Waals surface area contributed by atoms with E-state index in [9.17, 15) is 4.79 Å². The van der Waals surface area contributed by atoms with Crippen LogP contribution in [0.2, 0.25) is 5.15 Å². The van der Waals surface area contributed by atoms with E-state index < -0.39 is 0 Å². The number of hydrogen-bond acceptors (Lipinski definition) is 2. The van der Waals surface area contributed by atoms with E-state index in [0.29, 0.717) is 11.3 Å². The highest BCUT2D eigenvalue weighted by Crippen LogP contribution is 2.25. The number of rotatable bonds is 2. The van der Waals surface area contributed by atoms with Gasteiger partial charge in [0.2, 0.25) is 0 Å². The Morgan fingerprint density at radius 3 is 2.79 bits per heavy atom. The summed E-state index contributed by atoms with van der Waals surface area (Å²) in [7, 11) is 0. The summed E-state index contributed by atoms with van der Waals surface area (Å²) in [4.78, 5) is 16.2. The zero-order chi connectivity index (χ0) is 14.0. The number of amides is 1. The molecule has 1 aromatic heterocycles. The molecule has 1 aromatic carbocycles. The van der Waals surface area contributed by atoms with Crippen LogP contribution in [0.15, 0.2) is 39.4 Å². The maximum absolute atomic E-state index is 12.2. The third kappa shape index (κ3) is 3.90. The van der Waals surface area contributed by atoms with Crippen molar-refractivity contribution in [3.63, 3.8) is 0 Å². The van der Waals surface area contributed by atoms with Gasteiger partial charge in [0.05, 0.1) is 11.3 Å². The monoisotopic (exact) mass is 514 g/mol. The van der Waals surface area contributed by atoms with Crippen molar-refractivity contribution in [2.24, 2.45) is 0 Å². The predicted molar refractivity (Wildman–Crippen MR) is 91.8 cm³/mol. The Balaban J connectivity index is 2.30. The zero-order valence-electron chi connectivity index (χ0n) is 9.25. The number of pyridine rings is 1. The molecule has 1 amide bonds. The molecule has 0 fully saturated rings. The van der Waals surface area contributed by atoms with E-state index in [4.69, 9.17) is 11.6 Å². The van der Waals surface area contributed by atoms with Gasteiger partial charge in [-0.25, -0.2) is 4.98 Å². The van der Waals surface area contributed by atoms with Crippen molar-refractivity contribution < 1.29 is 4.79 Å². The summed E-state index contributed by atoms with van der Waals surface area (Å²) in [5.74, 6) is -0.243. The van der Waals surface area contributed by atoms with Crippen LogP contribution in [0, 0.1) is 3.57 Å². The molecule has 0 aliphatic heterocycles. The second kappa shape index (κ2) is 6.51. The van der Waals surface area contributed by atoms with Gasteiger partial charge in [0.15, 0.2) is 5.15 Å². The third-order valence-corrected chi connectivity index (χ3v) is 4.32. The minimum absolute atomic E-state index is 0.243. The van der Waals surface area contributed by atoms with Gasteiger partial charge in [-0.1, -0.05) is 11.6 Å². The Bertz CT molecular complexity index is 652. The molecule has 1 heterocycles. The van der Waals surface area contributed by atoms with E-state index in [-0.39, 0.29) is 11.1 Å². The Hall–Kier alpha value is -0.180. The van der Waals surface area contributed by atoms with Crippen LogP contribution in [-0.2, 0) is 0 Å². The smallest absolute Gasteiger partial charge is 0.256 e. The van der Waals surface area contributed by atoms with Crippen molar-refractivity contribution in [2.45, 2.75) is 0 Å². The number of benzene rings is 1. The van der Waals surface area contributed by atoms with Crippen LogP contribution in [0.5, 0.6) is 0 Å². The fraction of sp³-hybridized carbons (Fsp3) is 0. The maximum Gasteiger partial charge on any atom is 0.256 e. The number of nitrogens with zero attached hydrogens (tertiary/aromatic N) is 1. The number of nitrogens with one attached hydrogen (secondary N) is 1. The number of carbonyl (C=O) groups is 1. The molecule has 0 bridgehead atoms. The van der Waals surface area contributed by atoms with Crippen molar-refractivity contribution in [3.8, 4) is 0 Å². The standard InChI is InChI=1S/C12H6Br2ClIN2O/c13-6-3-10(11(15)17-5-6)18-12(19)8-4-7(16)1-2-9(8)14/h1-5H,(H,18,19). The molecule has 0 aliphatic carbocycles. The van der Waals surface area contributed by atoms with Crippen LogP contribution in [0.1, 0.15) is 10.4 Å². The van der Waals surface area contributed by atoms with Crippen LogP contribution in [0.4, 0.5) is 5.69 Å². The average molecular weight is 516 g/mol. The summed E-state index contributed by atoms with van der Waals surface area (Å²) in [6.45, 7) is 0. The Labute approximate surface area is 145 Å². The van der Waals surface area contributed by atoms with Gasteiger partial charge in [-0.05, 0) is 78.7 Å². The molecule has 2 rings (SSSR count). The fourth-order valence-corrected chi connectivity index (χ4v) is 2.77. The lowest BCUT2D eigenvalue weighted by Gasteiger charge is -2.08. The summed E-state index contributed by atoms with van der Waals surface area (Å²) < 4.78 is 2.45. The summed E-state index contributed by atoms with van der Waals surface area (Å²) in [6.07, 6.45) is 1.57. The van der Waals surface area contributed by atoms with Crippen LogP contribution in [-0.4, -0.2) is 10.9 Å². The topological polar surface area (TPSA) is 42.0 Å². The van der Waals surface area contributed by atoms with E-state index in [0.717, 1.165) is 12.5 Å². The number of aromatic nitrogens is 1. The molecule has 0 saturated carbocycles. The predicted octanol–water partition coefficient (Wildman–Crippen LogP) is 5.12. The lowest BCUT2D eigenvalue weighted by molar-refractivity contribution is 0.102. The first-order chi connectivity index (χ1) is 8.97. The first-order valence-electron chi connectivity index (χ1n) is 5.05. The molecule has 19 heavy (non-hydrogen) atoms. The summed E-state index contributed by atoms with van der Waals surface area (Å²) >= 11 is 14.7. The second-order valence-electron chi connectivity index (χ2n) is 3.57. The summed E-state index contributed by atoms with van der Waals surface area (Å²) in [6, 6.07) is 7.24. The van der Waals surface area contributed by atoms with Crippen molar-refractivity contribution in [1.29, 1.82) is 0 Å². The zero-order valence-corrected chi connectivity index (χ0v) is 15.3. The van der Waals surface area contributed by atoms with E-state index >= 15 is 0 Å². The number of hydrogen-bond donors (Lipinski definition) is 1. The second-order valence-corrected chi connectivity index (χ2v) is 6.94. The molecule has 7 heteroatoms. The van der Waals surface area contributed by atoms with Crippen molar-refractivity contribution >= 4 is 77.6 Å². The molecule has 0 spiro atoms. The summed E-state index contributed by atoms with van der Waals surface area (Å²) in [5.41, 5.74) is 1.01. The molecule has 2 aromatic rings. The van der Waals surface area contributed by atoms with Gasteiger partial charge in [0.1, 0.15) is 0 Å². The Kier molecular flexibility index (Phi) is 5.22. The SMILES string of the molecule is O=C(Nc1cc(Br)cnc1Cl)c1cc(I)ccc1Br. The number of halogens is 4. The van der Waals surface area contributed by atoms with Gasteiger partial charge in [0, 0.05) is 18.7 Å². The van der Waals surface area contributed by atoms with Gasteiger partial charge < -0.3 is 5.32 Å². The Morgan fingerprint density at radius 1 is 1.32 bits per heavy atom. The molecule has 0 aliphatic rings.